The second kappa shape index (κ2) is 8.09. The molecule has 2 amide bonds. The monoisotopic (exact) mass is 408 g/mol. The predicted octanol–water partition coefficient (Wildman–Crippen LogP) is 5.56. The molecule has 0 saturated carbocycles. The Hall–Kier alpha value is -2.76. The first-order valence-corrected chi connectivity index (χ1v) is 10.0. The maximum Gasteiger partial charge on any atom is 0.232 e. The van der Waals surface area contributed by atoms with Gasteiger partial charge < -0.3 is 10.6 Å². The zero-order valence-electron chi connectivity index (χ0n) is 14.8. The highest BCUT2D eigenvalue weighted by Crippen LogP contribution is 2.35. The molecule has 3 aromatic carbocycles. The van der Waals surface area contributed by atoms with Gasteiger partial charge >= 0.3 is 0 Å². The number of benzene rings is 3. The van der Waals surface area contributed by atoms with Crippen LogP contribution in [0, 0.1) is 0 Å². The van der Waals surface area contributed by atoms with Gasteiger partial charge in [0.2, 0.25) is 11.8 Å². The highest BCUT2D eigenvalue weighted by atomic mass is 35.5. The average Bonchev–Trinajstić information content (AvgIpc) is 2.70. The first-order valence-electron chi connectivity index (χ1n) is 8.82. The highest BCUT2D eigenvalue weighted by molar-refractivity contribution is 7.99. The fourth-order valence-electron chi connectivity index (χ4n) is 3.14. The van der Waals surface area contributed by atoms with E-state index in [1.807, 2.05) is 72.8 Å². The standard InChI is InChI=1S/C22H17ClN2O2S/c23-18-6-2-4-8-20(18)28-15-11-9-14(10-12-15)24-22(27)17-13-21(26)25-19-7-3-1-5-16(17)19/h1-12,17H,13H2,(H,24,27)(H,25,26). The maximum atomic E-state index is 12.8. The second-order valence-electron chi connectivity index (χ2n) is 6.44. The quantitative estimate of drug-likeness (QED) is 0.594. The lowest BCUT2D eigenvalue weighted by Gasteiger charge is -2.24. The van der Waals surface area contributed by atoms with E-state index in [0.29, 0.717) is 16.4 Å². The molecular formula is C22H17ClN2O2S. The van der Waals surface area contributed by atoms with Gasteiger partial charge in [-0.2, -0.15) is 0 Å². The minimum absolute atomic E-state index is 0.142. The Bertz CT molecular complexity index is 1040. The third kappa shape index (κ3) is 4.06. The van der Waals surface area contributed by atoms with Crippen LogP contribution in [-0.4, -0.2) is 11.8 Å². The molecule has 1 aliphatic heterocycles. The molecule has 0 radical (unpaired) electrons. The van der Waals surface area contributed by atoms with Gasteiger partial charge in [0.15, 0.2) is 0 Å². The Morgan fingerprint density at radius 3 is 2.50 bits per heavy atom. The van der Waals surface area contributed by atoms with Crippen LogP contribution >= 0.6 is 23.4 Å². The number of hydrogen-bond donors (Lipinski definition) is 2. The number of halogens is 1. The van der Waals surface area contributed by atoms with Crippen molar-refractivity contribution in [2.45, 2.75) is 22.1 Å². The van der Waals surface area contributed by atoms with Gasteiger partial charge in [-0.05, 0) is 48.0 Å². The van der Waals surface area contributed by atoms with Crippen LogP contribution in [0.2, 0.25) is 5.02 Å². The van der Waals surface area contributed by atoms with Crippen LogP contribution in [-0.2, 0) is 9.59 Å². The lowest BCUT2D eigenvalue weighted by atomic mass is 9.90. The van der Waals surface area contributed by atoms with Crippen molar-refractivity contribution in [3.8, 4) is 0 Å². The zero-order valence-corrected chi connectivity index (χ0v) is 16.4. The molecule has 28 heavy (non-hydrogen) atoms. The summed E-state index contributed by atoms with van der Waals surface area (Å²) in [5.74, 6) is -0.832. The average molecular weight is 409 g/mol. The van der Waals surface area contributed by atoms with E-state index in [9.17, 15) is 9.59 Å². The molecule has 140 valence electrons. The maximum absolute atomic E-state index is 12.8. The van der Waals surface area contributed by atoms with Gasteiger partial charge in [0.05, 0.1) is 10.9 Å². The van der Waals surface area contributed by atoms with Crippen LogP contribution in [0.5, 0.6) is 0 Å². The topological polar surface area (TPSA) is 58.2 Å². The Morgan fingerprint density at radius 2 is 1.71 bits per heavy atom. The van der Waals surface area contributed by atoms with Crippen LogP contribution < -0.4 is 10.6 Å². The summed E-state index contributed by atoms with van der Waals surface area (Å²) in [5, 5.41) is 6.44. The molecule has 1 heterocycles. The third-order valence-electron chi connectivity index (χ3n) is 4.50. The van der Waals surface area contributed by atoms with Gasteiger partial charge in [-0.15, -0.1) is 0 Å². The van der Waals surface area contributed by atoms with Crippen LogP contribution in [0.4, 0.5) is 11.4 Å². The van der Waals surface area contributed by atoms with E-state index in [-0.39, 0.29) is 18.2 Å². The molecule has 3 aromatic rings. The zero-order chi connectivity index (χ0) is 19.5. The van der Waals surface area contributed by atoms with Crippen LogP contribution in [0.1, 0.15) is 17.9 Å². The summed E-state index contributed by atoms with van der Waals surface area (Å²) < 4.78 is 0. The molecule has 4 rings (SSSR count). The summed E-state index contributed by atoms with van der Waals surface area (Å²) in [6, 6.07) is 22.6. The fraction of sp³-hybridized carbons (Fsp3) is 0.0909. The van der Waals surface area contributed by atoms with E-state index < -0.39 is 5.92 Å². The number of fused-ring (bicyclic) bond motifs is 1. The largest absolute Gasteiger partial charge is 0.326 e. The van der Waals surface area contributed by atoms with E-state index in [1.54, 1.807) is 11.8 Å². The van der Waals surface area contributed by atoms with Crippen molar-refractivity contribution in [3.05, 3.63) is 83.4 Å². The van der Waals surface area contributed by atoms with E-state index in [0.717, 1.165) is 15.4 Å². The highest BCUT2D eigenvalue weighted by Gasteiger charge is 2.30. The van der Waals surface area contributed by atoms with Crippen LogP contribution in [0.25, 0.3) is 0 Å². The number of carbonyl (C=O) groups is 2. The molecule has 0 spiro atoms. The van der Waals surface area contributed by atoms with Gasteiger partial charge in [-0.3, -0.25) is 9.59 Å². The molecule has 0 bridgehead atoms. The molecule has 0 saturated heterocycles. The lowest BCUT2D eigenvalue weighted by molar-refractivity contribution is -0.123. The summed E-state index contributed by atoms with van der Waals surface area (Å²) in [6.45, 7) is 0. The number of hydrogen-bond acceptors (Lipinski definition) is 3. The molecule has 1 atom stereocenters. The third-order valence-corrected chi connectivity index (χ3v) is 6.03. The smallest absolute Gasteiger partial charge is 0.232 e. The van der Waals surface area contributed by atoms with Crippen molar-refractivity contribution in [3.63, 3.8) is 0 Å². The summed E-state index contributed by atoms with van der Waals surface area (Å²) >= 11 is 7.77. The number of anilines is 2. The fourth-order valence-corrected chi connectivity index (χ4v) is 4.23. The number of carbonyl (C=O) groups excluding carboxylic acids is 2. The minimum atomic E-state index is -0.498. The molecule has 1 aliphatic rings. The van der Waals surface area contributed by atoms with Crippen molar-refractivity contribution < 1.29 is 9.59 Å². The van der Waals surface area contributed by atoms with Crippen molar-refractivity contribution in [1.82, 2.24) is 0 Å². The number of para-hydroxylation sites is 1. The molecule has 1 unspecified atom stereocenters. The Morgan fingerprint density at radius 1 is 1.00 bits per heavy atom. The Labute approximate surface area is 172 Å². The first-order chi connectivity index (χ1) is 13.6. The van der Waals surface area contributed by atoms with E-state index in [4.69, 9.17) is 11.6 Å². The molecular weight excluding hydrogens is 392 g/mol. The van der Waals surface area contributed by atoms with Gasteiger partial charge in [0, 0.05) is 27.6 Å². The number of rotatable bonds is 4. The van der Waals surface area contributed by atoms with Gasteiger partial charge in [0.25, 0.3) is 0 Å². The number of nitrogens with one attached hydrogen (secondary N) is 2. The van der Waals surface area contributed by atoms with Crippen LogP contribution in [0.15, 0.2) is 82.6 Å². The molecule has 0 aromatic heterocycles. The molecule has 6 heteroatoms. The van der Waals surface area contributed by atoms with Crippen molar-refractivity contribution in [2.75, 3.05) is 10.6 Å². The summed E-state index contributed by atoms with van der Waals surface area (Å²) in [5.41, 5.74) is 2.23. The number of amides is 2. The van der Waals surface area contributed by atoms with E-state index in [2.05, 4.69) is 10.6 Å². The SMILES string of the molecule is O=C1CC(C(=O)Nc2ccc(Sc3ccccc3Cl)cc2)c2ccccc2N1. The lowest BCUT2D eigenvalue weighted by Crippen LogP contribution is -2.30. The van der Waals surface area contributed by atoms with Crippen molar-refractivity contribution in [1.29, 1.82) is 0 Å². The molecule has 0 aliphatic carbocycles. The van der Waals surface area contributed by atoms with E-state index >= 15 is 0 Å². The summed E-state index contributed by atoms with van der Waals surface area (Å²) in [6.07, 6.45) is 0.142. The van der Waals surface area contributed by atoms with E-state index in [1.165, 1.54) is 0 Å². The van der Waals surface area contributed by atoms with Crippen molar-refractivity contribution in [2.24, 2.45) is 0 Å². The van der Waals surface area contributed by atoms with Crippen molar-refractivity contribution >= 4 is 46.6 Å². The molecule has 4 nitrogen and oxygen atoms in total. The first kappa shape index (κ1) is 18.6. The minimum Gasteiger partial charge on any atom is -0.326 e. The van der Waals surface area contributed by atoms with Gasteiger partial charge in [-0.25, -0.2) is 0 Å². The second-order valence-corrected chi connectivity index (χ2v) is 7.96. The Balaban J connectivity index is 1.47. The normalized spacial score (nSPS) is 15.5. The predicted molar refractivity (Wildman–Crippen MR) is 113 cm³/mol. The molecule has 2 N–H and O–H groups in total. The van der Waals surface area contributed by atoms with Gasteiger partial charge in [-0.1, -0.05) is 53.7 Å². The summed E-state index contributed by atoms with van der Waals surface area (Å²) in [4.78, 5) is 26.7. The molecule has 0 fully saturated rings. The van der Waals surface area contributed by atoms with Crippen LogP contribution in [0.3, 0.4) is 0 Å². The Kier molecular flexibility index (Phi) is 5.37. The summed E-state index contributed by atoms with van der Waals surface area (Å²) in [7, 11) is 0. The van der Waals surface area contributed by atoms with Gasteiger partial charge in [0.1, 0.15) is 0 Å².